The molecule has 0 aliphatic carbocycles. The molecule has 0 bridgehead atoms. The molecule has 0 aliphatic rings. The summed E-state index contributed by atoms with van der Waals surface area (Å²) in [5.41, 5.74) is -0.366. The lowest BCUT2D eigenvalue weighted by atomic mass is 10.1. The summed E-state index contributed by atoms with van der Waals surface area (Å²) in [6, 6.07) is 7.68. The van der Waals surface area contributed by atoms with Gasteiger partial charge in [0.1, 0.15) is 11.9 Å². The lowest BCUT2D eigenvalue weighted by molar-refractivity contribution is 0.0901. The van der Waals surface area contributed by atoms with Gasteiger partial charge < -0.3 is 19.8 Å². The van der Waals surface area contributed by atoms with E-state index in [1.165, 1.54) is 24.5 Å². The third kappa shape index (κ3) is 3.24. The van der Waals surface area contributed by atoms with Crippen molar-refractivity contribution in [3.05, 3.63) is 68.8 Å². The summed E-state index contributed by atoms with van der Waals surface area (Å²) in [7, 11) is 0. The summed E-state index contributed by atoms with van der Waals surface area (Å²) < 4.78 is 6.15. The van der Waals surface area contributed by atoms with Crippen molar-refractivity contribution >= 4 is 16.8 Å². The zero-order valence-electron chi connectivity index (χ0n) is 13.5. The first kappa shape index (κ1) is 16.7. The van der Waals surface area contributed by atoms with Crippen molar-refractivity contribution in [3.8, 4) is 0 Å². The number of aliphatic hydroxyl groups is 1. The summed E-state index contributed by atoms with van der Waals surface area (Å²) in [5, 5.41) is 12.8. The fourth-order valence-electron chi connectivity index (χ4n) is 2.56. The predicted molar refractivity (Wildman–Crippen MR) is 90.5 cm³/mol. The Kier molecular flexibility index (Phi) is 4.53. The van der Waals surface area contributed by atoms with Crippen molar-refractivity contribution in [3.63, 3.8) is 0 Å². The van der Waals surface area contributed by atoms with Crippen LogP contribution in [0.1, 0.15) is 29.1 Å². The molecule has 1 amide bonds. The molecule has 0 saturated heterocycles. The molecular formula is C17H17N3O5. The van der Waals surface area contributed by atoms with E-state index >= 15 is 0 Å². The van der Waals surface area contributed by atoms with Gasteiger partial charge in [-0.05, 0) is 37.3 Å². The molecule has 1 aromatic carbocycles. The number of carbonyl (C=O) groups excluding carboxylic acids is 1. The SMILES string of the molecule is CCn1c(=O)[nH]c2cc(C(=O)NCC(O)c3ccco3)ccc2c1=O. The number of furan rings is 1. The minimum atomic E-state index is -0.962. The van der Waals surface area contributed by atoms with Crippen LogP contribution in [0, 0.1) is 0 Å². The van der Waals surface area contributed by atoms with Crippen molar-refractivity contribution < 1.29 is 14.3 Å². The highest BCUT2D eigenvalue weighted by Crippen LogP contribution is 2.13. The van der Waals surface area contributed by atoms with Crippen LogP contribution in [-0.4, -0.2) is 27.1 Å². The van der Waals surface area contributed by atoms with Crippen LogP contribution in [0.15, 0.2) is 50.6 Å². The molecule has 0 fully saturated rings. The number of aromatic nitrogens is 2. The summed E-state index contributed by atoms with van der Waals surface area (Å²) in [6.07, 6.45) is 0.472. The maximum Gasteiger partial charge on any atom is 0.328 e. The van der Waals surface area contributed by atoms with Gasteiger partial charge in [0.25, 0.3) is 11.5 Å². The molecule has 3 N–H and O–H groups in total. The van der Waals surface area contributed by atoms with E-state index in [-0.39, 0.29) is 18.7 Å². The first-order valence-corrected chi connectivity index (χ1v) is 7.77. The Balaban J connectivity index is 1.83. The molecule has 0 radical (unpaired) electrons. The summed E-state index contributed by atoms with van der Waals surface area (Å²) in [6.45, 7) is 1.93. The van der Waals surface area contributed by atoms with Gasteiger partial charge in [-0.1, -0.05) is 0 Å². The lowest BCUT2D eigenvalue weighted by Crippen LogP contribution is -2.34. The normalized spacial score (nSPS) is 12.2. The number of nitrogens with zero attached hydrogens (tertiary/aromatic N) is 1. The molecule has 0 spiro atoms. The van der Waals surface area contributed by atoms with Crippen LogP contribution in [0.25, 0.3) is 10.9 Å². The highest BCUT2D eigenvalue weighted by molar-refractivity contribution is 5.97. The average molecular weight is 343 g/mol. The third-order valence-corrected chi connectivity index (χ3v) is 3.89. The highest BCUT2D eigenvalue weighted by atomic mass is 16.4. The zero-order chi connectivity index (χ0) is 18.0. The summed E-state index contributed by atoms with van der Waals surface area (Å²) >= 11 is 0. The number of aliphatic hydroxyl groups excluding tert-OH is 1. The van der Waals surface area contributed by atoms with Crippen molar-refractivity contribution in [1.29, 1.82) is 0 Å². The van der Waals surface area contributed by atoms with Gasteiger partial charge in [-0.15, -0.1) is 0 Å². The Labute approximate surface area is 141 Å². The molecule has 25 heavy (non-hydrogen) atoms. The smallest absolute Gasteiger partial charge is 0.328 e. The standard InChI is InChI=1S/C17H17N3O5/c1-2-20-16(23)11-6-5-10(8-12(11)19-17(20)24)15(22)18-9-13(21)14-4-3-7-25-14/h3-8,13,21H,2,9H2,1H3,(H,18,22)(H,19,24). The number of nitrogens with one attached hydrogen (secondary N) is 2. The Morgan fingerprint density at radius 1 is 1.36 bits per heavy atom. The second kappa shape index (κ2) is 6.78. The lowest BCUT2D eigenvalue weighted by Gasteiger charge is -2.10. The summed E-state index contributed by atoms with van der Waals surface area (Å²) in [4.78, 5) is 38.9. The number of amides is 1. The molecule has 8 nitrogen and oxygen atoms in total. The van der Waals surface area contributed by atoms with Crippen molar-refractivity contribution in [2.24, 2.45) is 0 Å². The van der Waals surface area contributed by atoms with Crippen LogP contribution >= 0.6 is 0 Å². The fraction of sp³-hybridized carbons (Fsp3) is 0.235. The minimum absolute atomic E-state index is 0.0294. The average Bonchev–Trinajstić information content (AvgIpc) is 3.14. The molecule has 0 saturated carbocycles. The Bertz CT molecular complexity index is 1020. The molecule has 3 aromatic rings. The monoisotopic (exact) mass is 343 g/mol. The van der Waals surface area contributed by atoms with Crippen LogP contribution in [0.5, 0.6) is 0 Å². The van der Waals surface area contributed by atoms with Crippen molar-refractivity contribution in [2.45, 2.75) is 19.6 Å². The first-order chi connectivity index (χ1) is 12.0. The van der Waals surface area contributed by atoms with E-state index in [0.29, 0.717) is 16.7 Å². The highest BCUT2D eigenvalue weighted by Gasteiger charge is 2.14. The van der Waals surface area contributed by atoms with E-state index in [2.05, 4.69) is 10.3 Å². The van der Waals surface area contributed by atoms with Crippen LogP contribution < -0.4 is 16.6 Å². The van der Waals surface area contributed by atoms with Crippen LogP contribution in [0.4, 0.5) is 0 Å². The topological polar surface area (TPSA) is 117 Å². The molecule has 0 aliphatic heterocycles. The molecule has 1 unspecified atom stereocenters. The van der Waals surface area contributed by atoms with Gasteiger partial charge >= 0.3 is 5.69 Å². The van der Waals surface area contributed by atoms with Crippen LogP contribution in [-0.2, 0) is 6.54 Å². The summed E-state index contributed by atoms with van der Waals surface area (Å²) in [5.74, 6) is -0.0868. The predicted octanol–water partition coefficient (Wildman–Crippen LogP) is 0.766. The van der Waals surface area contributed by atoms with E-state index in [0.717, 1.165) is 4.57 Å². The second-order valence-electron chi connectivity index (χ2n) is 5.48. The van der Waals surface area contributed by atoms with Crippen LogP contribution in [0.2, 0.25) is 0 Å². The van der Waals surface area contributed by atoms with E-state index in [4.69, 9.17) is 4.42 Å². The number of rotatable bonds is 5. The van der Waals surface area contributed by atoms with E-state index in [1.54, 1.807) is 19.1 Å². The number of hydrogen-bond acceptors (Lipinski definition) is 5. The number of hydrogen-bond donors (Lipinski definition) is 3. The number of fused-ring (bicyclic) bond motifs is 1. The van der Waals surface area contributed by atoms with Crippen LogP contribution in [0.3, 0.4) is 0 Å². The Hall–Kier alpha value is -3.13. The molecule has 2 aromatic heterocycles. The molecular weight excluding hydrogens is 326 g/mol. The third-order valence-electron chi connectivity index (χ3n) is 3.89. The van der Waals surface area contributed by atoms with E-state index < -0.39 is 23.3 Å². The number of H-pyrrole nitrogens is 1. The number of carbonyl (C=O) groups is 1. The van der Waals surface area contributed by atoms with Gasteiger partial charge in [-0.3, -0.25) is 14.2 Å². The maximum absolute atomic E-state index is 12.2. The second-order valence-corrected chi connectivity index (χ2v) is 5.48. The maximum atomic E-state index is 12.2. The number of benzene rings is 1. The molecule has 3 rings (SSSR count). The van der Waals surface area contributed by atoms with Gasteiger partial charge in [0, 0.05) is 12.1 Å². The van der Waals surface area contributed by atoms with Crippen molar-refractivity contribution in [1.82, 2.24) is 14.9 Å². The van der Waals surface area contributed by atoms with E-state index in [9.17, 15) is 19.5 Å². The van der Waals surface area contributed by atoms with Crippen molar-refractivity contribution in [2.75, 3.05) is 6.54 Å². The quantitative estimate of drug-likeness (QED) is 0.632. The van der Waals surface area contributed by atoms with E-state index in [1.807, 2.05) is 0 Å². The van der Waals surface area contributed by atoms with Gasteiger partial charge in [-0.25, -0.2) is 4.79 Å². The minimum Gasteiger partial charge on any atom is -0.467 e. The Morgan fingerprint density at radius 3 is 2.84 bits per heavy atom. The van der Waals surface area contributed by atoms with Gasteiger partial charge in [0.05, 0.1) is 23.7 Å². The van der Waals surface area contributed by atoms with Gasteiger partial charge in [0.2, 0.25) is 0 Å². The molecule has 2 heterocycles. The van der Waals surface area contributed by atoms with Gasteiger partial charge in [0.15, 0.2) is 0 Å². The largest absolute Gasteiger partial charge is 0.467 e. The Morgan fingerprint density at radius 2 is 2.16 bits per heavy atom. The number of aromatic amines is 1. The fourth-order valence-corrected chi connectivity index (χ4v) is 2.56. The first-order valence-electron chi connectivity index (χ1n) is 7.77. The molecule has 8 heteroatoms. The molecule has 1 atom stereocenters. The zero-order valence-corrected chi connectivity index (χ0v) is 13.5. The van der Waals surface area contributed by atoms with Gasteiger partial charge in [-0.2, -0.15) is 0 Å². The molecule has 130 valence electrons.